The first-order valence-corrected chi connectivity index (χ1v) is 22.3. The van der Waals surface area contributed by atoms with Gasteiger partial charge in [-0.05, 0) is 70.9 Å². The molecule has 0 fully saturated rings. The molecule has 0 aliphatic carbocycles. The van der Waals surface area contributed by atoms with Gasteiger partial charge in [0.15, 0.2) is 0 Å². The third-order valence-corrected chi connectivity index (χ3v) is 10.2. The van der Waals surface area contributed by atoms with Crippen LogP contribution in [0.25, 0.3) is 0 Å². The molecule has 0 amide bonds. The van der Waals surface area contributed by atoms with Gasteiger partial charge in [-0.15, -0.1) is 0 Å². The van der Waals surface area contributed by atoms with Crippen molar-refractivity contribution >= 4 is 5.97 Å². The molecule has 0 spiro atoms. The van der Waals surface area contributed by atoms with E-state index in [1.165, 1.54) is 180 Å². The summed E-state index contributed by atoms with van der Waals surface area (Å²) < 4.78 is 11.9. The number of hydrogen-bond acceptors (Lipinski definition) is 5. The summed E-state index contributed by atoms with van der Waals surface area (Å²) in [5.41, 5.74) is 0. The first kappa shape index (κ1) is 48.3. The Kier molecular flexibility index (Phi) is 41.2. The molecule has 0 aromatic rings. The molecule has 0 bridgehead atoms. The van der Waals surface area contributed by atoms with Crippen LogP contribution in [0.1, 0.15) is 233 Å². The monoisotopic (exact) mass is 696 g/mol. The van der Waals surface area contributed by atoms with Crippen LogP contribution in [-0.4, -0.2) is 61.5 Å². The molecule has 5 nitrogen and oxygen atoms in total. The first-order valence-electron chi connectivity index (χ1n) is 22.3. The predicted octanol–water partition coefficient (Wildman–Crippen LogP) is 13.1. The highest BCUT2D eigenvalue weighted by molar-refractivity contribution is 5.69. The van der Waals surface area contributed by atoms with Crippen LogP contribution in [0.3, 0.4) is 0 Å². The lowest BCUT2D eigenvalue weighted by atomic mass is 10.0. The Morgan fingerprint density at radius 1 is 0.469 bits per heavy atom. The van der Waals surface area contributed by atoms with Crippen LogP contribution < -0.4 is 0 Å². The first-order chi connectivity index (χ1) is 24.2. The molecule has 0 saturated carbocycles. The smallest absolute Gasteiger partial charge is 0.306 e. The minimum Gasteiger partial charge on any atom is -0.462 e. The van der Waals surface area contributed by atoms with Crippen LogP contribution in [0.2, 0.25) is 0 Å². The Morgan fingerprint density at radius 2 is 0.837 bits per heavy atom. The molecule has 294 valence electrons. The van der Waals surface area contributed by atoms with Crippen molar-refractivity contribution in [3.63, 3.8) is 0 Å². The lowest BCUT2D eigenvalue weighted by Gasteiger charge is -2.21. The van der Waals surface area contributed by atoms with E-state index in [2.05, 4.69) is 25.7 Å². The number of ether oxygens (including phenoxy) is 2. The quantitative estimate of drug-likeness (QED) is 0.0509. The molecule has 49 heavy (non-hydrogen) atoms. The second-order valence-corrected chi connectivity index (χ2v) is 15.2. The van der Waals surface area contributed by atoms with E-state index in [1.54, 1.807) is 0 Å². The molecule has 0 rings (SSSR count). The van der Waals surface area contributed by atoms with Gasteiger partial charge in [0, 0.05) is 26.2 Å². The fourth-order valence-corrected chi connectivity index (χ4v) is 6.93. The summed E-state index contributed by atoms with van der Waals surface area (Å²) in [4.78, 5) is 15.1. The average Bonchev–Trinajstić information content (AvgIpc) is 3.10. The fourth-order valence-electron chi connectivity index (χ4n) is 6.93. The van der Waals surface area contributed by atoms with Gasteiger partial charge in [0.1, 0.15) is 6.10 Å². The number of aliphatic hydroxyl groups excluding tert-OH is 1. The van der Waals surface area contributed by atoms with Crippen molar-refractivity contribution in [3.8, 4) is 0 Å². The summed E-state index contributed by atoms with van der Waals surface area (Å²) in [6.45, 7) is 11.8. The maximum Gasteiger partial charge on any atom is 0.306 e. The highest BCUT2D eigenvalue weighted by atomic mass is 16.5. The van der Waals surface area contributed by atoms with Crippen LogP contribution in [0, 0.1) is 0 Å². The minimum atomic E-state index is 0.0287. The zero-order valence-corrected chi connectivity index (χ0v) is 33.8. The van der Waals surface area contributed by atoms with Crippen LogP contribution in [-0.2, 0) is 14.3 Å². The molecular formula is C44H89NO4. The van der Waals surface area contributed by atoms with E-state index in [-0.39, 0.29) is 18.7 Å². The molecule has 0 heterocycles. The van der Waals surface area contributed by atoms with Crippen molar-refractivity contribution < 1.29 is 19.4 Å². The van der Waals surface area contributed by atoms with Gasteiger partial charge in [-0.25, -0.2) is 0 Å². The molecule has 0 aliphatic rings. The molecule has 1 unspecified atom stereocenters. The molecule has 0 saturated heterocycles. The van der Waals surface area contributed by atoms with Crippen molar-refractivity contribution in [1.82, 2.24) is 4.90 Å². The summed E-state index contributed by atoms with van der Waals surface area (Å²) in [5, 5.41) is 9.54. The number of esters is 1. The number of hydrogen-bond donors (Lipinski definition) is 1. The van der Waals surface area contributed by atoms with E-state index in [9.17, 15) is 9.90 Å². The Hall–Kier alpha value is -0.650. The third kappa shape index (κ3) is 38.4. The van der Waals surface area contributed by atoms with Gasteiger partial charge in [0.05, 0.1) is 6.61 Å². The lowest BCUT2D eigenvalue weighted by molar-refractivity contribution is -0.150. The third-order valence-electron chi connectivity index (χ3n) is 10.2. The molecule has 1 atom stereocenters. The summed E-state index contributed by atoms with van der Waals surface area (Å²) >= 11 is 0. The van der Waals surface area contributed by atoms with E-state index < -0.39 is 0 Å². The lowest BCUT2D eigenvalue weighted by Crippen LogP contribution is -2.29. The van der Waals surface area contributed by atoms with Gasteiger partial charge in [0.25, 0.3) is 0 Å². The summed E-state index contributed by atoms with van der Waals surface area (Å²) in [5.74, 6) is 0.0287. The number of carbonyl (C=O) groups is 1. The Labute approximate surface area is 307 Å². The number of carbonyl (C=O) groups excluding carboxylic acids is 1. The topological polar surface area (TPSA) is 59.0 Å². The molecule has 0 aromatic carbocycles. The second-order valence-electron chi connectivity index (χ2n) is 15.2. The zero-order valence-electron chi connectivity index (χ0n) is 33.8. The molecule has 1 N–H and O–H groups in total. The van der Waals surface area contributed by atoms with E-state index in [4.69, 9.17) is 9.47 Å². The summed E-state index contributed by atoms with van der Waals surface area (Å²) in [6.07, 6.45) is 41.1. The Morgan fingerprint density at radius 3 is 1.27 bits per heavy atom. The van der Waals surface area contributed by atoms with Crippen molar-refractivity contribution in [1.29, 1.82) is 0 Å². The minimum absolute atomic E-state index is 0.0287. The number of unbranched alkanes of at least 4 members (excludes halogenated alkanes) is 25. The number of rotatable bonds is 42. The van der Waals surface area contributed by atoms with Crippen molar-refractivity contribution in [2.75, 3.05) is 39.5 Å². The fraction of sp³-hybridized carbons (Fsp3) is 0.977. The maximum atomic E-state index is 12.7. The van der Waals surface area contributed by atoms with Crippen LogP contribution in [0.5, 0.6) is 0 Å². The standard InChI is InChI=1S/C44H89NO4/c1-4-7-10-13-15-16-18-25-32-41-48-42-33-26-24-31-38-45(39-40-46)37-30-23-19-22-29-36-44(47)49-43(34-27-20-12-9-6-3)35-28-21-17-14-11-8-5-2/h43,46H,4-42H2,1-3H3. The van der Waals surface area contributed by atoms with Gasteiger partial charge in [-0.3, -0.25) is 4.79 Å². The van der Waals surface area contributed by atoms with Crippen LogP contribution in [0.4, 0.5) is 0 Å². The summed E-state index contributed by atoms with van der Waals surface area (Å²) in [6, 6.07) is 0. The zero-order chi connectivity index (χ0) is 35.7. The second kappa shape index (κ2) is 41.8. The number of aliphatic hydroxyl groups is 1. The predicted molar refractivity (Wildman–Crippen MR) is 214 cm³/mol. The van der Waals surface area contributed by atoms with Gasteiger partial charge < -0.3 is 19.5 Å². The van der Waals surface area contributed by atoms with Gasteiger partial charge in [0.2, 0.25) is 0 Å². The highest BCUT2D eigenvalue weighted by Gasteiger charge is 2.14. The largest absolute Gasteiger partial charge is 0.462 e. The van der Waals surface area contributed by atoms with E-state index in [0.717, 1.165) is 58.5 Å². The average molecular weight is 696 g/mol. The molecule has 0 aromatic heterocycles. The van der Waals surface area contributed by atoms with E-state index in [0.29, 0.717) is 6.42 Å². The van der Waals surface area contributed by atoms with Crippen molar-refractivity contribution in [2.45, 2.75) is 239 Å². The van der Waals surface area contributed by atoms with Crippen LogP contribution >= 0.6 is 0 Å². The molecule has 0 aliphatic heterocycles. The van der Waals surface area contributed by atoms with E-state index >= 15 is 0 Å². The Bertz CT molecular complexity index is 630. The van der Waals surface area contributed by atoms with E-state index in [1.807, 2.05) is 0 Å². The normalized spacial score (nSPS) is 12.3. The Balaban J connectivity index is 3.86. The van der Waals surface area contributed by atoms with Crippen LogP contribution in [0.15, 0.2) is 0 Å². The number of nitrogens with zero attached hydrogens (tertiary/aromatic N) is 1. The molecule has 5 heteroatoms. The van der Waals surface area contributed by atoms with Gasteiger partial charge >= 0.3 is 5.97 Å². The maximum absolute atomic E-state index is 12.7. The highest BCUT2D eigenvalue weighted by Crippen LogP contribution is 2.18. The SMILES string of the molecule is CCCCCCCCCCCOCCCCCCN(CCO)CCCCCCCC(=O)OC(CCCCCCC)CCCCCCCCC. The molecule has 0 radical (unpaired) electrons. The molecular weight excluding hydrogens is 606 g/mol. The van der Waals surface area contributed by atoms with Crippen molar-refractivity contribution in [2.24, 2.45) is 0 Å². The summed E-state index contributed by atoms with van der Waals surface area (Å²) in [7, 11) is 0. The van der Waals surface area contributed by atoms with Gasteiger partial charge in [-0.1, -0.05) is 168 Å². The van der Waals surface area contributed by atoms with Gasteiger partial charge in [-0.2, -0.15) is 0 Å². The van der Waals surface area contributed by atoms with Crippen molar-refractivity contribution in [3.05, 3.63) is 0 Å².